The van der Waals surface area contributed by atoms with Crippen LogP contribution < -0.4 is 9.62 Å². The molecule has 2 amide bonds. The molecular weight excluding hydrogens is 481 g/mol. The summed E-state index contributed by atoms with van der Waals surface area (Å²) >= 11 is 0. The van der Waals surface area contributed by atoms with Crippen molar-refractivity contribution >= 4 is 27.5 Å². The van der Waals surface area contributed by atoms with E-state index < -0.39 is 34.3 Å². The topological polar surface area (TPSA) is 86.8 Å². The summed E-state index contributed by atoms with van der Waals surface area (Å²) in [6.45, 7) is 1.65. The van der Waals surface area contributed by atoms with Gasteiger partial charge in [0.1, 0.15) is 18.4 Å². The number of nitrogens with one attached hydrogen (secondary N) is 1. The number of anilines is 1. The van der Waals surface area contributed by atoms with Crippen LogP contribution in [0.2, 0.25) is 0 Å². The van der Waals surface area contributed by atoms with E-state index in [1.807, 2.05) is 30.3 Å². The molecule has 0 heterocycles. The van der Waals surface area contributed by atoms with Crippen LogP contribution in [0.1, 0.15) is 18.1 Å². The predicted molar refractivity (Wildman–Crippen MR) is 138 cm³/mol. The van der Waals surface area contributed by atoms with Gasteiger partial charge in [0.25, 0.3) is 0 Å². The van der Waals surface area contributed by atoms with E-state index in [1.165, 1.54) is 17.0 Å². The number of hydrogen-bond donors (Lipinski definition) is 1. The summed E-state index contributed by atoms with van der Waals surface area (Å²) < 4.78 is 39.8. The summed E-state index contributed by atoms with van der Waals surface area (Å²) in [4.78, 5) is 28.3. The second kappa shape index (κ2) is 12.3. The molecule has 0 aliphatic heterocycles. The van der Waals surface area contributed by atoms with Crippen molar-refractivity contribution in [2.24, 2.45) is 0 Å². The van der Waals surface area contributed by atoms with Crippen molar-refractivity contribution in [2.45, 2.75) is 25.9 Å². The van der Waals surface area contributed by atoms with Gasteiger partial charge in [0.2, 0.25) is 21.8 Å². The number of para-hydroxylation sites is 1. The molecule has 0 aliphatic carbocycles. The highest BCUT2D eigenvalue weighted by atomic mass is 32.2. The summed E-state index contributed by atoms with van der Waals surface area (Å²) in [6, 6.07) is 22.3. The largest absolute Gasteiger partial charge is 0.355 e. The van der Waals surface area contributed by atoms with Gasteiger partial charge in [-0.05, 0) is 42.3 Å². The van der Waals surface area contributed by atoms with E-state index in [1.54, 1.807) is 49.4 Å². The molecule has 0 aliphatic rings. The number of likely N-dealkylation sites (N-methyl/N-ethyl adjacent to an activating group) is 1. The number of carbonyl (C=O) groups excluding carboxylic acids is 2. The fourth-order valence-electron chi connectivity index (χ4n) is 3.84. The Labute approximate surface area is 211 Å². The van der Waals surface area contributed by atoms with Crippen LogP contribution in [0.3, 0.4) is 0 Å². The van der Waals surface area contributed by atoms with Gasteiger partial charge in [-0.15, -0.1) is 0 Å². The molecule has 3 aromatic carbocycles. The predicted octanol–water partition coefficient (Wildman–Crippen LogP) is 3.37. The van der Waals surface area contributed by atoms with Gasteiger partial charge >= 0.3 is 0 Å². The lowest BCUT2D eigenvalue weighted by Crippen LogP contribution is -2.53. The molecule has 190 valence electrons. The van der Waals surface area contributed by atoms with E-state index in [0.717, 1.165) is 16.1 Å². The number of halogens is 1. The number of amides is 2. The molecule has 1 atom stereocenters. The van der Waals surface area contributed by atoms with Crippen LogP contribution in [0.4, 0.5) is 10.1 Å². The monoisotopic (exact) mass is 511 g/mol. The van der Waals surface area contributed by atoms with Gasteiger partial charge in [0.05, 0.1) is 11.9 Å². The number of carbonyl (C=O) groups is 2. The molecule has 3 aromatic rings. The van der Waals surface area contributed by atoms with Crippen LogP contribution in [-0.2, 0) is 32.6 Å². The maximum absolute atomic E-state index is 13.8. The summed E-state index contributed by atoms with van der Waals surface area (Å²) in [7, 11) is -3.80. The van der Waals surface area contributed by atoms with Crippen LogP contribution in [-0.4, -0.2) is 50.5 Å². The Bertz CT molecular complexity index is 1250. The minimum absolute atomic E-state index is 0.000138. The minimum Gasteiger partial charge on any atom is -0.355 e. The van der Waals surface area contributed by atoms with E-state index >= 15 is 0 Å². The summed E-state index contributed by atoms with van der Waals surface area (Å²) in [5.41, 5.74) is 1.79. The molecule has 0 aromatic heterocycles. The molecule has 0 unspecified atom stereocenters. The van der Waals surface area contributed by atoms with Crippen LogP contribution in [0, 0.1) is 5.82 Å². The van der Waals surface area contributed by atoms with Crippen molar-refractivity contribution in [1.82, 2.24) is 10.2 Å². The van der Waals surface area contributed by atoms with E-state index in [9.17, 15) is 22.4 Å². The Morgan fingerprint density at radius 2 is 1.47 bits per heavy atom. The van der Waals surface area contributed by atoms with Gasteiger partial charge < -0.3 is 10.2 Å². The fraction of sp³-hybridized carbons (Fsp3) is 0.259. The van der Waals surface area contributed by atoms with Gasteiger partial charge in [-0.2, -0.15) is 0 Å². The zero-order chi connectivity index (χ0) is 26.1. The SMILES string of the molecule is CCNC(=O)[C@@H](Cc1ccccc1)N(Cc1ccc(F)cc1)C(=O)CN(c1ccccc1)S(C)(=O)=O. The Balaban J connectivity index is 2.01. The van der Waals surface area contributed by atoms with Crippen molar-refractivity contribution in [3.63, 3.8) is 0 Å². The minimum atomic E-state index is -3.80. The molecule has 0 saturated carbocycles. The van der Waals surface area contributed by atoms with Gasteiger partial charge in [0.15, 0.2) is 0 Å². The van der Waals surface area contributed by atoms with Gasteiger partial charge in [-0.25, -0.2) is 12.8 Å². The smallest absolute Gasteiger partial charge is 0.244 e. The van der Waals surface area contributed by atoms with Crippen LogP contribution in [0.25, 0.3) is 0 Å². The van der Waals surface area contributed by atoms with Crippen molar-refractivity contribution in [3.05, 3.63) is 102 Å². The molecule has 0 radical (unpaired) electrons. The van der Waals surface area contributed by atoms with Gasteiger partial charge in [0, 0.05) is 19.5 Å². The second-order valence-electron chi connectivity index (χ2n) is 8.35. The maximum atomic E-state index is 13.8. The highest BCUT2D eigenvalue weighted by molar-refractivity contribution is 7.92. The number of nitrogens with zero attached hydrogens (tertiary/aromatic N) is 2. The normalized spacial score (nSPS) is 12.0. The van der Waals surface area contributed by atoms with Crippen molar-refractivity contribution < 1.29 is 22.4 Å². The number of sulfonamides is 1. The molecule has 7 nitrogen and oxygen atoms in total. The standard InChI is InChI=1S/C27H30FN3O4S/c1-3-29-27(33)25(18-21-10-6-4-7-11-21)30(19-22-14-16-23(28)17-15-22)26(32)20-31(36(2,34)35)24-12-8-5-9-13-24/h4-17,25H,3,18-20H2,1-2H3,(H,29,33)/t25-/m1/s1. The van der Waals surface area contributed by atoms with E-state index in [4.69, 9.17) is 0 Å². The lowest BCUT2D eigenvalue weighted by atomic mass is 10.0. The number of hydrogen-bond acceptors (Lipinski definition) is 4. The quantitative estimate of drug-likeness (QED) is 0.428. The second-order valence-corrected chi connectivity index (χ2v) is 10.3. The van der Waals surface area contributed by atoms with E-state index in [2.05, 4.69) is 5.32 Å². The Hall–Kier alpha value is -3.72. The average molecular weight is 512 g/mol. The van der Waals surface area contributed by atoms with Crippen molar-refractivity contribution in [2.75, 3.05) is 23.7 Å². The average Bonchev–Trinajstić information content (AvgIpc) is 2.86. The molecule has 1 N–H and O–H groups in total. The van der Waals surface area contributed by atoms with Crippen LogP contribution >= 0.6 is 0 Å². The number of benzene rings is 3. The van der Waals surface area contributed by atoms with Crippen LogP contribution in [0.5, 0.6) is 0 Å². The first-order valence-electron chi connectivity index (χ1n) is 11.6. The Morgan fingerprint density at radius 3 is 2.03 bits per heavy atom. The fourth-order valence-corrected chi connectivity index (χ4v) is 4.69. The Kier molecular flexibility index (Phi) is 9.19. The van der Waals surface area contributed by atoms with Gasteiger partial charge in [-0.3, -0.25) is 13.9 Å². The first-order chi connectivity index (χ1) is 17.2. The lowest BCUT2D eigenvalue weighted by molar-refractivity contribution is -0.140. The third-order valence-corrected chi connectivity index (χ3v) is 6.75. The number of rotatable bonds is 11. The maximum Gasteiger partial charge on any atom is 0.244 e. The third kappa shape index (κ3) is 7.39. The Morgan fingerprint density at radius 1 is 0.889 bits per heavy atom. The van der Waals surface area contributed by atoms with Crippen molar-refractivity contribution in [3.8, 4) is 0 Å². The highest BCUT2D eigenvalue weighted by Crippen LogP contribution is 2.20. The molecule has 9 heteroatoms. The molecular formula is C27H30FN3O4S. The first-order valence-corrected chi connectivity index (χ1v) is 13.4. The summed E-state index contributed by atoms with van der Waals surface area (Å²) in [6.07, 6.45) is 1.26. The molecule has 0 fully saturated rings. The summed E-state index contributed by atoms with van der Waals surface area (Å²) in [5.74, 6) is -1.34. The van der Waals surface area contributed by atoms with Gasteiger partial charge in [-0.1, -0.05) is 60.7 Å². The zero-order valence-electron chi connectivity index (χ0n) is 20.3. The van der Waals surface area contributed by atoms with Crippen LogP contribution in [0.15, 0.2) is 84.9 Å². The lowest BCUT2D eigenvalue weighted by Gasteiger charge is -2.33. The highest BCUT2D eigenvalue weighted by Gasteiger charge is 2.32. The zero-order valence-corrected chi connectivity index (χ0v) is 21.1. The molecule has 0 saturated heterocycles. The molecule has 3 rings (SSSR count). The van der Waals surface area contributed by atoms with E-state index in [-0.39, 0.29) is 18.9 Å². The van der Waals surface area contributed by atoms with E-state index in [0.29, 0.717) is 17.8 Å². The van der Waals surface area contributed by atoms with Crippen molar-refractivity contribution in [1.29, 1.82) is 0 Å². The molecule has 0 bridgehead atoms. The molecule has 36 heavy (non-hydrogen) atoms. The first kappa shape index (κ1) is 26.9. The summed E-state index contributed by atoms with van der Waals surface area (Å²) in [5, 5.41) is 2.79. The molecule has 0 spiro atoms. The third-order valence-electron chi connectivity index (χ3n) is 5.61.